The number of ether oxygens (including phenoxy) is 4. The highest BCUT2D eigenvalue weighted by Gasteiger charge is 2.37. The lowest BCUT2D eigenvalue weighted by Crippen LogP contribution is -2.36. The van der Waals surface area contributed by atoms with Crippen LogP contribution >= 0.6 is 0 Å². The van der Waals surface area contributed by atoms with Gasteiger partial charge in [0.2, 0.25) is 6.79 Å². The van der Waals surface area contributed by atoms with Gasteiger partial charge in [-0.3, -0.25) is 0 Å². The van der Waals surface area contributed by atoms with Gasteiger partial charge in [-0.05, 0) is 12.5 Å². The highest BCUT2D eigenvalue weighted by atomic mass is 16.7. The summed E-state index contributed by atoms with van der Waals surface area (Å²) in [4.78, 5) is 0. The zero-order valence-corrected chi connectivity index (χ0v) is 15.0. The number of β-amino-alcohol motifs (C(OH)–C–C–N with tert-alkyl or cyclic N) is 1. The van der Waals surface area contributed by atoms with E-state index >= 15 is 0 Å². The Morgan fingerprint density at radius 2 is 1.92 bits per heavy atom. The van der Waals surface area contributed by atoms with Gasteiger partial charge < -0.3 is 29.4 Å². The molecule has 2 aromatic carbocycles. The molecule has 2 aromatic rings. The summed E-state index contributed by atoms with van der Waals surface area (Å²) in [6.07, 6.45) is -0.668. The molecule has 138 valence electrons. The fraction of sp³-hybridized carbons (Fsp3) is 0.400. The molecule has 26 heavy (non-hydrogen) atoms. The van der Waals surface area contributed by atoms with E-state index in [0.29, 0.717) is 37.0 Å². The maximum absolute atomic E-state index is 10.6. The molecular weight excluding hydrogens is 334 g/mol. The Bertz CT molecular complexity index is 793. The van der Waals surface area contributed by atoms with Crippen LogP contribution in [0, 0.1) is 6.92 Å². The Labute approximate surface area is 152 Å². The lowest BCUT2D eigenvalue weighted by atomic mass is 9.88. The Kier molecular flexibility index (Phi) is 4.72. The van der Waals surface area contributed by atoms with Crippen molar-refractivity contribution in [2.75, 3.05) is 27.1 Å². The number of aliphatic hydroxyl groups excluding tert-OH is 1. The molecule has 0 aliphatic carbocycles. The molecule has 0 bridgehead atoms. The first-order valence-corrected chi connectivity index (χ1v) is 8.73. The van der Waals surface area contributed by atoms with Gasteiger partial charge in [0.25, 0.3) is 0 Å². The van der Waals surface area contributed by atoms with Crippen molar-refractivity contribution in [2.45, 2.75) is 25.7 Å². The standard InChI is InChI=1S/C20H23NO5/c1-12-18(23-2)17-15(22)8-21-14(16(17)20-19(12)25-11-26-20)10-24-9-13-6-4-3-5-7-13/h3-7,14-15,21-22H,8-11H2,1-2H3/t14-,15?/m0/s1. The lowest BCUT2D eigenvalue weighted by molar-refractivity contribution is 0.0800. The summed E-state index contributed by atoms with van der Waals surface area (Å²) in [6, 6.07) is 9.94. The zero-order valence-electron chi connectivity index (χ0n) is 15.0. The van der Waals surface area contributed by atoms with E-state index in [1.54, 1.807) is 7.11 Å². The molecule has 0 aromatic heterocycles. The van der Waals surface area contributed by atoms with Crippen molar-refractivity contribution in [3.63, 3.8) is 0 Å². The van der Waals surface area contributed by atoms with E-state index < -0.39 is 6.10 Å². The number of hydrogen-bond acceptors (Lipinski definition) is 6. The first-order valence-electron chi connectivity index (χ1n) is 8.73. The molecule has 0 saturated carbocycles. The number of hydrogen-bond donors (Lipinski definition) is 2. The Balaban J connectivity index is 1.64. The molecule has 2 heterocycles. The van der Waals surface area contributed by atoms with Gasteiger partial charge in [-0.25, -0.2) is 0 Å². The second-order valence-corrected chi connectivity index (χ2v) is 6.53. The van der Waals surface area contributed by atoms with Gasteiger partial charge in [-0.2, -0.15) is 0 Å². The highest BCUT2D eigenvalue weighted by molar-refractivity contribution is 5.65. The van der Waals surface area contributed by atoms with E-state index in [2.05, 4.69) is 5.32 Å². The van der Waals surface area contributed by atoms with Crippen LogP contribution in [0.3, 0.4) is 0 Å². The zero-order chi connectivity index (χ0) is 18.1. The molecule has 0 fully saturated rings. The normalized spacial score (nSPS) is 20.7. The van der Waals surface area contributed by atoms with Crippen LogP contribution < -0.4 is 19.5 Å². The first-order chi connectivity index (χ1) is 12.7. The molecule has 4 rings (SSSR count). The van der Waals surface area contributed by atoms with Crippen LogP contribution in [0.2, 0.25) is 0 Å². The van der Waals surface area contributed by atoms with Gasteiger partial charge in [0.05, 0.1) is 32.5 Å². The van der Waals surface area contributed by atoms with Gasteiger partial charge in [-0.15, -0.1) is 0 Å². The summed E-state index contributed by atoms with van der Waals surface area (Å²) < 4.78 is 22.9. The van der Waals surface area contributed by atoms with Crippen LogP contribution in [-0.4, -0.2) is 32.2 Å². The fourth-order valence-electron chi connectivity index (χ4n) is 3.72. The molecule has 2 aliphatic rings. The summed E-state index contributed by atoms with van der Waals surface area (Å²) in [5.41, 5.74) is 3.60. The van der Waals surface area contributed by atoms with Gasteiger partial charge >= 0.3 is 0 Å². The predicted molar refractivity (Wildman–Crippen MR) is 95.7 cm³/mol. The van der Waals surface area contributed by atoms with Gasteiger partial charge in [0, 0.05) is 23.2 Å². The monoisotopic (exact) mass is 357 g/mol. The third-order valence-electron chi connectivity index (χ3n) is 4.91. The van der Waals surface area contributed by atoms with Crippen molar-refractivity contribution in [1.29, 1.82) is 0 Å². The van der Waals surface area contributed by atoms with E-state index in [9.17, 15) is 5.11 Å². The Morgan fingerprint density at radius 1 is 1.15 bits per heavy atom. The SMILES string of the molecule is COc1c(C)c2c(c3c1C(O)CN[C@H]3COCc1ccccc1)OCO2. The smallest absolute Gasteiger partial charge is 0.231 e. The van der Waals surface area contributed by atoms with Crippen LogP contribution in [0.5, 0.6) is 17.2 Å². The van der Waals surface area contributed by atoms with Crippen molar-refractivity contribution in [2.24, 2.45) is 0 Å². The average molecular weight is 357 g/mol. The predicted octanol–water partition coefficient (Wildman–Crippen LogP) is 2.63. The number of fused-ring (bicyclic) bond motifs is 3. The van der Waals surface area contributed by atoms with Crippen molar-refractivity contribution < 1.29 is 24.1 Å². The summed E-state index contributed by atoms with van der Waals surface area (Å²) in [6.45, 7) is 3.50. The molecule has 0 radical (unpaired) electrons. The minimum absolute atomic E-state index is 0.109. The van der Waals surface area contributed by atoms with Crippen molar-refractivity contribution in [1.82, 2.24) is 5.32 Å². The van der Waals surface area contributed by atoms with Crippen molar-refractivity contribution in [3.8, 4) is 17.2 Å². The fourth-order valence-corrected chi connectivity index (χ4v) is 3.72. The van der Waals surface area contributed by atoms with E-state index in [-0.39, 0.29) is 12.8 Å². The Hall–Kier alpha value is -2.28. The summed E-state index contributed by atoms with van der Waals surface area (Å²) >= 11 is 0. The second kappa shape index (κ2) is 7.15. The van der Waals surface area contributed by atoms with E-state index in [4.69, 9.17) is 18.9 Å². The summed E-state index contributed by atoms with van der Waals surface area (Å²) in [5, 5.41) is 13.9. The van der Waals surface area contributed by atoms with E-state index in [1.807, 2.05) is 37.3 Å². The van der Waals surface area contributed by atoms with E-state index in [0.717, 1.165) is 22.3 Å². The molecule has 1 unspecified atom stereocenters. The third-order valence-corrected chi connectivity index (χ3v) is 4.91. The highest BCUT2D eigenvalue weighted by Crippen LogP contribution is 2.51. The number of rotatable bonds is 5. The maximum atomic E-state index is 10.6. The van der Waals surface area contributed by atoms with E-state index in [1.165, 1.54) is 0 Å². The molecule has 0 saturated heterocycles. The number of methoxy groups -OCH3 is 1. The summed E-state index contributed by atoms with van der Waals surface area (Å²) in [7, 11) is 1.61. The topological polar surface area (TPSA) is 69.2 Å². The van der Waals surface area contributed by atoms with Crippen LogP contribution in [0.15, 0.2) is 30.3 Å². The Morgan fingerprint density at radius 3 is 2.69 bits per heavy atom. The number of nitrogens with one attached hydrogen (secondary N) is 1. The molecule has 6 heteroatoms. The quantitative estimate of drug-likeness (QED) is 0.857. The molecule has 2 N–H and O–H groups in total. The third kappa shape index (κ3) is 2.90. The molecule has 0 spiro atoms. The van der Waals surface area contributed by atoms with Gasteiger partial charge in [0.15, 0.2) is 11.5 Å². The first kappa shape index (κ1) is 17.1. The minimum Gasteiger partial charge on any atom is -0.496 e. The molecule has 0 amide bonds. The largest absolute Gasteiger partial charge is 0.496 e. The minimum atomic E-state index is -0.668. The van der Waals surface area contributed by atoms with Crippen LogP contribution in [0.1, 0.15) is 34.4 Å². The number of benzene rings is 2. The van der Waals surface area contributed by atoms with Crippen LogP contribution in [0.25, 0.3) is 0 Å². The average Bonchev–Trinajstić information content (AvgIpc) is 3.15. The van der Waals surface area contributed by atoms with Crippen LogP contribution in [0.4, 0.5) is 0 Å². The molecule has 2 atom stereocenters. The lowest BCUT2D eigenvalue weighted by Gasteiger charge is -2.33. The maximum Gasteiger partial charge on any atom is 0.231 e. The van der Waals surface area contributed by atoms with Crippen molar-refractivity contribution in [3.05, 3.63) is 52.6 Å². The van der Waals surface area contributed by atoms with Crippen molar-refractivity contribution >= 4 is 0 Å². The number of aliphatic hydroxyl groups is 1. The molecule has 2 aliphatic heterocycles. The van der Waals surface area contributed by atoms with Gasteiger partial charge in [0.1, 0.15) is 5.75 Å². The molecule has 6 nitrogen and oxygen atoms in total. The summed E-state index contributed by atoms with van der Waals surface area (Å²) in [5.74, 6) is 2.02. The second-order valence-electron chi connectivity index (χ2n) is 6.53. The molecular formula is C20H23NO5. The van der Waals surface area contributed by atoms with Gasteiger partial charge in [-0.1, -0.05) is 30.3 Å². The van der Waals surface area contributed by atoms with Crippen LogP contribution in [-0.2, 0) is 11.3 Å².